The van der Waals surface area contributed by atoms with Crippen LogP contribution in [0.1, 0.15) is 49.5 Å². The Morgan fingerprint density at radius 3 is 2.79 bits per heavy atom. The fourth-order valence-electron chi connectivity index (χ4n) is 3.82. The van der Waals surface area contributed by atoms with E-state index in [1.807, 2.05) is 0 Å². The molecule has 1 unspecified atom stereocenters. The number of aromatic nitrogens is 1. The molecule has 2 saturated heterocycles. The van der Waals surface area contributed by atoms with Crippen LogP contribution in [0.2, 0.25) is 0 Å². The normalized spacial score (nSPS) is 25.2. The van der Waals surface area contributed by atoms with Crippen molar-refractivity contribution in [3.8, 4) is 0 Å². The van der Waals surface area contributed by atoms with E-state index in [2.05, 4.69) is 28.0 Å². The summed E-state index contributed by atoms with van der Waals surface area (Å²) in [4.78, 5) is 21.9. The van der Waals surface area contributed by atoms with Gasteiger partial charge in [-0.15, -0.1) is 0 Å². The SMILES string of the molecule is O=C(CC1CC1)N1CCCC1c1cccc(CN2CCOCC2)n1. The van der Waals surface area contributed by atoms with E-state index in [-0.39, 0.29) is 6.04 Å². The van der Waals surface area contributed by atoms with Crippen LogP contribution in [0.15, 0.2) is 18.2 Å². The maximum atomic E-state index is 12.6. The van der Waals surface area contributed by atoms with Gasteiger partial charge in [-0.05, 0) is 43.7 Å². The summed E-state index contributed by atoms with van der Waals surface area (Å²) in [5, 5.41) is 0. The van der Waals surface area contributed by atoms with E-state index in [4.69, 9.17) is 9.72 Å². The Labute approximate surface area is 144 Å². The van der Waals surface area contributed by atoms with Crippen molar-refractivity contribution in [1.29, 1.82) is 0 Å². The molecular weight excluding hydrogens is 302 g/mol. The van der Waals surface area contributed by atoms with Crippen LogP contribution in [0.4, 0.5) is 0 Å². The second-order valence-corrected chi connectivity index (χ2v) is 7.33. The van der Waals surface area contributed by atoms with Crippen LogP contribution in [0, 0.1) is 5.92 Å². The van der Waals surface area contributed by atoms with Crippen molar-refractivity contribution < 1.29 is 9.53 Å². The van der Waals surface area contributed by atoms with Gasteiger partial charge in [-0.3, -0.25) is 14.7 Å². The molecule has 2 aliphatic heterocycles. The average molecular weight is 329 g/mol. The van der Waals surface area contributed by atoms with E-state index in [1.54, 1.807) is 0 Å². The molecule has 0 bridgehead atoms. The number of ether oxygens (including phenoxy) is 1. The van der Waals surface area contributed by atoms with Gasteiger partial charge in [-0.2, -0.15) is 0 Å². The lowest BCUT2D eigenvalue weighted by Crippen LogP contribution is -2.36. The molecule has 3 heterocycles. The zero-order chi connectivity index (χ0) is 16.4. The number of carbonyl (C=O) groups is 1. The monoisotopic (exact) mass is 329 g/mol. The van der Waals surface area contributed by atoms with Crippen LogP contribution in [-0.2, 0) is 16.1 Å². The number of pyridine rings is 1. The van der Waals surface area contributed by atoms with Gasteiger partial charge in [-0.25, -0.2) is 0 Å². The molecular formula is C19H27N3O2. The number of amides is 1. The molecule has 3 aliphatic rings. The number of carbonyl (C=O) groups excluding carboxylic acids is 1. The van der Waals surface area contributed by atoms with Gasteiger partial charge in [0.15, 0.2) is 0 Å². The second-order valence-electron chi connectivity index (χ2n) is 7.33. The fourth-order valence-corrected chi connectivity index (χ4v) is 3.82. The Kier molecular flexibility index (Phi) is 4.81. The molecule has 0 radical (unpaired) electrons. The third-order valence-electron chi connectivity index (χ3n) is 5.39. The summed E-state index contributed by atoms with van der Waals surface area (Å²) in [5.41, 5.74) is 2.18. The molecule has 4 rings (SSSR count). The molecule has 1 aliphatic carbocycles. The highest BCUT2D eigenvalue weighted by Gasteiger charge is 2.34. The van der Waals surface area contributed by atoms with Crippen molar-refractivity contribution in [3.63, 3.8) is 0 Å². The molecule has 3 fully saturated rings. The van der Waals surface area contributed by atoms with E-state index < -0.39 is 0 Å². The Bertz CT molecular complexity index is 582. The van der Waals surface area contributed by atoms with Gasteiger partial charge in [0.1, 0.15) is 0 Å². The lowest BCUT2D eigenvalue weighted by molar-refractivity contribution is -0.132. The van der Waals surface area contributed by atoms with E-state index >= 15 is 0 Å². The standard InChI is InChI=1S/C19H27N3O2/c23-19(13-15-6-7-15)22-8-2-5-18(22)17-4-1-3-16(20-17)14-21-9-11-24-12-10-21/h1,3-4,15,18H,2,5-14H2. The van der Waals surface area contributed by atoms with Crippen molar-refractivity contribution >= 4 is 5.91 Å². The molecule has 1 amide bonds. The molecule has 24 heavy (non-hydrogen) atoms. The number of hydrogen-bond donors (Lipinski definition) is 0. The zero-order valence-corrected chi connectivity index (χ0v) is 14.3. The van der Waals surface area contributed by atoms with E-state index in [0.717, 1.165) is 70.0 Å². The Morgan fingerprint density at radius 1 is 1.17 bits per heavy atom. The van der Waals surface area contributed by atoms with Crippen LogP contribution in [-0.4, -0.2) is 53.5 Å². The zero-order valence-electron chi connectivity index (χ0n) is 14.3. The van der Waals surface area contributed by atoms with Crippen molar-refractivity contribution in [1.82, 2.24) is 14.8 Å². The first kappa shape index (κ1) is 16.0. The molecule has 5 heteroatoms. The third-order valence-corrected chi connectivity index (χ3v) is 5.39. The Morgan fingerprint density at radius 2 is 2.00 bits per heavy atom. The van der Waals surface area contributed by atoms with E-state index in [0.29, 0.717) is 11.8 Å². The van der Waals surface area contributed by atoms with E-state index in [9.17, 15) is 4.79 Å². The molecule has 1 aromatic rings. The maximum absolute atomic E-state index is 12.6. The van der Waals surface area contributed by atoms with Gasteiger partial charge in [0.05, 0.1) is 30.6 Å². The predicted octanol–water partition coefficient (Wildman–Crippen LogP) is 2.38. The molecule has 0 N–H and O–H groups in total. The van der Waals surface area contributed by atoms with Crippen molar-refractivity contribution in [2.75, 3.05) is 32.8 Å². The van der Waals surface area contributed by atoms with Crippen molar-refractivity contribution in [2.24, 2.45) is 5.92 Å². The average Bonchev–Trinajstić information content (AvgIpc) is 3.27. The lowest BCUT2D eigenvalue weighted by atomic mass is 10.1. The van der Waals surface area contributed by atoms with Crippen LogP contribution < -0.4 is 0 Å². The van der Waals surface area contributed by atoms with Gasteiger partial charge in [-0.1, -0.05) is 6.07 Å². The first-order valence-electron chi connectivity index (χ1n) is 9.35. The lowest BCUT2D eigenvalue weighted by Gasteiger charge is -2.27. The second kappa shape index (κ2) is 7.19. The summed E-state index contributed by atoms with van der Waals surface area (Å²) < 4.78 is 5.41. The number of morpholine rings is 1. The topological polar surface area (TPSA) is 45.7 Å². The van der Waals surface area contributed by atoms with Gasteiger partial charge in [0.25, 0.3) is 0 Å². The van der Waals surface area contributed by atoms with Crippen LogP contribution in [0.5, 0.6) is 0 Å². The minimum Gasteiger partial charge on any atom is -0.379 e. The van der Waals surface area contributed by atoms with E-state index in [1.165, 1.54) is 12.8 Å². The van der Waals surface area contributed by atoms with Gasteiger partial charge >= 0.3 is 0 Å². The quantitative estimate of drug-likeness (QED) is 0.832. The largest absolute Gasteiger partial charge is 0.379 e. The summed E-state index contributed by atoms with van der Waals surface area (Å²) in [7, 11) is 0. The summed E-state index contributed by atoms with van der Waals surface area (Å²) in [6.45, 7) is 5.34. The highest BCUT2D eigenvalue weighted by atomic mass is 16.5. The number of rotatable bonds is 5. The first-order valence-corrected chi connectivity index (χ1v) is 9.35. The Hall–Kier alpha value is -1.46. The highest BCUT2D eigenvalue weighted by molar-refractivity contribution is 5.77. The van der Waals surface area contributed by atoms with Gasteiger partial charge in [0, 0.05) is 32.6 Å². The Balaban J connectivity index is 1.44. The molecule has 1 aromatic heterocycles. The number of hydrogen-bond acceptors (Lipinski definition) is 4. The predicted molar refractivity (Wildman–Crippen MR) is 91.4 cm³/mol. The van der Waals surface area contributed by atoms with Crippen molar-refractivity contribution in [2.45, 2.75) is 44.7 Å². The van der Waals surface area contributed by atoms with Crippen LogP contribution >= 0.6 is 0 Å². The fraction of sp³-hybridized carbons (Fsp3) is 0.684. The smallest absolute Gasteiger partial charge is 0.223 e. The molecule has 5 nitrogen and oxygen atoms in total. The molecule has 1 atom stereocenters. The summed E-state index contributed by atoms with van der Waals surface area (Å²) in [6.07, 6.45) is 5.35. The highest BCUT2D eigenvalue weighted by Crippen LogP contribution is 2.36. The van der Waals surface area contributed by atoms with Crippen molar-refractivity contribution in [3.05, 3.63) is 29.6 Å². The number of nitrogens with zero attached hydrogens (tertiary/aromatic N) is 3. The van der Waals surface area contributed by atoms with Gasteiger partial charge < -0.3 is 9.64 Å². The summed E-state index contributed by atoms with van der Waals surface area (Å²) >= 11 is 0. The first-order chi connectivity index (χ1) is 11.8. The van der Waals surface area contributed by atoms with Crippen LogP contribution in [0.25, 0.3) is 0 Å². The maximum Gasteiger partial charge on any atom is 0.223 e. The molecule has 0 spiro atoms. The minimum absolute atomic E-state index is 0.181. The van der Waals surface area contributed by atoms with Crippen LogP contribution in [0.3, 0.4) is 0 Å². The summed E-state index contributed by atoms with van der Waals surface area (Å²) in [6, 6.07) is 6.47. The molecule has 130 valence electrons. The summed E-state index contributed by atoms with van der Waals surface area (Å²) in [5.74, 6) is 0.986. The van der Waals surface area contributed by atoms with Gasteiger partial charge in [0.2, 0.25) is 5.91 Å². The molecule has 0 aromatic carbocycles. The molecule has 1 saturated carbocycles. The number of likely N-dealkylation sites (tertiary alicyclic amines) is 1. The third kappa shape index (κ3) is 3.78. The minimum atomic E-state index is 0.181.